The van der Waals surface area contributed by atoms with Crippen LogP contribution in [0.3, 0.4) is 0 Å². The molecule has 0 bridgehead atoms. The summed E-state index contributed by atoms with van der Waals surface area (Å²) in [6, 6.07) is 12.3. The molecule has 3 aromatic rings. The van der Waals surface area contributed by atoms with Crippen LogP contribution in [-0.2, 0) is 25.7 Å². The molecule has 162 valence electrons. The van der Waals surface area contributed by atoms with Gasteiger partial charge in [-0.25, -0.2) is 9.97 Å². The fourth-order valence-electron chi connectivity index (χ4n) is 3.80. The standard InChI is InChI=1S/C24H24F3N3O/c1-15(2)23-28-21-11-12-30(13-16-3-7-18(8-4-16)24(25,26)27)14-20(21)22(29-23)17-5-9-19(31)10-6-17/h3-10,15,31H,11-14H2,1-2H3. The van der Waals surface area contributed by atoms with E-state index in [9.17, 15) is 18.3 Å². The van der Waals surface area contributed by atoms with Gasteiger partial charge in [0, 0.05) is 43.1 Å². The zero-order chi connectivity index (χ0) is 22.2. The minimum Gasteiger partial charge on any atom is -0.508 e. The van der Waals surface area contributed by atoms with Gasteiger partial charge < -0.3 is 5.11 Å². The van der Waals surface area contributed by atoms with Crippen molar-refractivity contribution in [1.29, 1.82) is 0 Å². The van der Waals surface area contributed by atoms with E-state index in [1.54, 1.807) is 12.1 Å². The Bertz CT molecular complexity index is 1060. The third kappa shape index (κ3) is 4.71. The fraction of sp³-hybridized carbons (Fsp3) is 0.333. The summed E-state index contributed by atoms with van der Waals surface area (Å²) in [5, 5.41) is 9.65. The molecule has 1 aromatic heterocycles. The van der Waals surface area contributed by atoms with Crippen molar-refractivity contribution in [1.82, 2.24) is 14.9 Å². The Hall–Kier alpha value is -2.93. The van der Waals surface area contributed by atoms with Crippen molar-refractivity contribution in [2.24, 2.45) is 0 Å². The molecule has 0 amide bonds. The van der Waals surface area contributed by atoms with Crippen LogP contribution >= 0.6 is 0 Å². The van der Waals surface area contributed by atoms with Gasteiger partial charge in [-0.05, 0) is 42.0 Å². The number of halogens is 3. The van der Waals surface area contributed by atoms with Crippen LogP contribution in [0.2, 0.25) is 0 Å². The number of aromatic hydroxyl groups is 1. The zero-order valence-corrected chi connectivity index (χ0v) is 17.4. The molecule has 1 aliphatic heterocycles. The van der Waals surface area contributed by atoms with Gasteiger partial charge in [0.1, 0.15) is 11.6 Å². The van der Waals surface area contributed by atoms with E-state index in [1.807, 2.05) is 12.1 Å². The monoisotopic (exact) mass is 427 g/mol. The van der Waals surface area contributed by atoms with E-state index in [0.717, 1.165) is 59.0 Å². The van der Waals surface area contributed by atoms with Crippen molar-refractivity contribution < 1.29 is 18.3 Å². The molecule has 0 spiro atoms. The third-order valence-electron chi connectivity index (χ3n) is 5.50. The minimum atomic E-state index is -4.33. The maximum atomic E-state index is 12.8. The van der Waals surface area contributed by atoms with E-state index < -0.39 is 11.7 Å². The number of aromatic nitrogens is 2. The first kappa shape index (κ1) is 21.3. The van der Waals surface area contributed by atoms with Crippen LogP contribution in [0, 0.1) is 0 Å². The van der Waals surface area contributed by atoms with Crippen LogP contribution in [0.4, 0.5) is 13.2 Å². The molecule has 4 nitrogen and oxygen atoms in total. The first-order valence-electron chi connectivity index (χ1n) is 10.3. The molecule has 1 N–H and O–H groups in total. The van der Waals surface area contributed by atoms with E-state index in [-0.39, 0.29) is 11.7 Å². The summed E-state index contributed by atoms with van der Waals surface area (Å²) >= 11 is 0. The summed E-state index contributed by atoms with van der Waals surface area (Å²) in [4.78, 5) is 11.8. The second kappa shape index (κ2) is 8.30. The van der Waals surface area contributed by atoms with E-state index >= 15 is 0 Å². The molecular formula is C24H24F3N3O. The van der Waals surface area contributed by atoms with Crippen molar-refractivity contribution in [2.75, 3.05) is 6.54 Å². The Morgan fingerprint density at radius 2 is 1.68 bits per heavy atom. The predicted octanol–water partition coefficient (Wildman–Crippen LogP) is 5.55. The van der Waals surface area contributed by atoms with Gasteiger partial charge in [-0.1, -0.05) is 26.0 Å². The Labute approximate surface area is 179 Å². The number of phenols is 1. The highest BCUT2D eigenvalue weighted by Crippen LogP contribution is 2.32. The van der Waals surface area contributed by atoms with E-state index in [4.69, 9.17) is 9.97 Å². The first-order valence-corrected chi connectivity index (χ1v) is 10.3. The van der Waals surface area contributed by atoms with Crippen LogP contribution in [-0.4, -0.2) is 26.5 Å². The number of rotatable bonds is 4. The minimum absolute atomic E-state index is 0.186. The molecule has 0 radical (unpaired) electrons. The number of nitrogens with zero attached hydrogens (tertiary/aromatic N) is 3. The van der Waals surface area contributed by atoms with Crippen molar-refractivity contribution in [3.8, 4) is 17.0 Å². The van der Waals surface area contributed by atoms with Gasteiger partial charge >= 0.3 is 6.18 Å². The number of fused-ring (bicyclic) bond motifs is 1. The second-order valence-corrected chi connectivity index (χ2v) is 8.21. The fourth-order valence-corrected chi connectivity index (χ4v) is 3.80. The lowest BCUT2D eigenvalue weighted by atomic mass is 9.97. The molecule has 0 saturated heterocycles. The highest BCUT2D eigenvalue weighted by Gasteiger charge is 2.30. The Morgan fingerprint density at radius 1 is 1.00 bits per heavy atom. The lowest BCUT2D eigenvalue weighted by Crippen LogP contribution is -2.32. The largest absolute Gasteiger partial charge is 0.508 e. The van der Waals surface area contributed by atoms with Crippen molar-refractivity contribution in [3.05, 3.63) is 76.7 Å². The number of alkyl halides is 3. The molecule has 2 aromatic carbocycles. The summed E-state index contributed by atoms with van der Waals surface area (Å²) in [6.07, 6.45) is -3.57. The molecule has 0 atom stereocenters. The highest BCUT2D eigenvalue weighted by atomic mass is 19.4. The van der Waals surface area contributed by atoms with Crippen LogP contribution in [0.1, 0.15) is 48.0 Å². The molecule has 0 unspecified atom stereocenters. The lowest BCUT2D eigenvalue weighted by Gasteiger charge is -2.30. The average molecular weight is 427 g/mol. The SMILES string of the molecule is CC(C)c1nc2c(c(-c3ccc(O)cc3)n1)CN(Cc1ccc(C(F)(F)F)cc1)CC2. The van der Waals surface area contributed by atoms with Gasteiger partial charge in [0.2, 0.25) is 0 Å². The van der Waals surface area contributed by atoms with E-state index in [2.05, 4.69) is 18.7 Å². The Balaban J connectivity index is 1.62. The van der Waals surface area contributed by atoms with E-state index in [1.165, 1.54) is 12.1 Å². The molecule has 0 saturated carbocycles. The van der Waals surface area contributed by atoms with Gasteiger partial charge in [0.15, 0.2) is 0 Å². The summed E-state index contributed by atoms with van der Waals surface area (Å²) in [5.74, 6) is 1.17. The van der Waals surface area contributed by atoms with Crippen LogP contribution in [0.15, 0.2) is 48.5 Å². The van der Waals surface area contributed by atoms with Crippen molar-refractivity contribution in [3.63, 3.8) is 0 Å². The molecule has 0 aliphatic carbocycles. The van der Waals surface area contributed by atoms with Gasteiger partial charge in [-0.3, -0.25) is 4.90 Å². The summed E-state index contributed by atoms with van der Waals surface area (Å²) in [7, 11) is 0. The summed E-state index contributed by atoms with van der Waals surface area (Å²) in [5.41, 5.74) is 4.02. The molecule has 0 fully saturated rings. The first-order chi connectivity index (χ1) is 14.7. The zero-order valence-electron chi connectivity index (χ0n) is 17.4. The van der Waals surface area contributed by atoms with E-state index in [0.29, 0.717) is 13.1 Å². The predicted molar refractivity (Wildman–Crippen MR) is 112 cm³/mol. The number of hydrogen-bond donors (Lipinski definition) is 1. The Morgan fingerprint density at radius 3 is 2.29 bits per heavy atom. The number of benzene rings is 2. The maximum Gasteiger partial charge on any atom is 0.416 e. The lowest BCUT2D eigenvalue weighted by molar-refractivity contribution is -0.137. The van der Waals surface area contributed by atoms with Gasteiger partial charge in [0.05, 0.1) is 17.0 Å². The summed E-state index contributed by atoms with van der Waals surface area (Å²) in [6.45, 7) is 6.06. The van der Waals surface area contributed by atoms with Crippen LogP contribution in [0.25, 0.3) is 11.3 Å². The normalized spacial score (nSPS) is 14.6. The third-order valence-corrected chi connectivity index (χ3v) is 5.50. The van der Waals surface area contributed by atoms with Crippen LogP contribution < -0.4 is 0 Å². The molecule has 31 heavy (non-hydrogen) atoms. The smallest absolute Gasteiger partial charge is 0.416 e. The van der Waals surface area contributed by atoms with Gasteiger partial charge in [0.25, 0.3) is 0 Å². The molecule has 2 heterocycles. The van der Waals surface area contributed by atoms with Crippen molar-refractivity contribution >= 4 is 0 Å². The second-order valence-electron chi connectivity index (χ2n) is 8.21. The number of hydrogen-bond acceptors (Lipinski definition) is 4. The van der Waals surface area contributed by atoms with Crippen molar-refractivity contribution in [2.45, 2.75) is 45.5 Å². The quantitative estimate of drug-likeness (QED) is 0.593. The van der Waals surface area contributed by atoms with Crippen LogP contribution in [0.5, 0.6) is 5.75 Å². The molecule has 4 rings (SSSR count). The maximum absolute atomic E-state index is 12.8. The average Bonchev–Trinajstić information content (AvgIpc) is 2.73. The Kier molecular flexibility index (Phi) is 5.71. The topological polar surface area (TPSA) is 49.3 Å². The summed E-state index contributed by atoms with van der Waals surface area (Å²) < 4.78 is 38.5. The van der Waals surface area contributed by atoms with Gasteiger partial charge in [-0.2, -0.15) is 13.2 Å². The van der Waals surface area contributed by atoms with Gasteiger partial charge in [-0.15, -0.1) is 0 Å². The number of phenolic OH excluding ortho intramolecular Hbond substituents is 1. The molecular weight excluding hydrogens is 403 g/mol. The molecule has 1 aliphatic rings. The molecule has 7 heteroatoms. The highest BCUT2D eigenvalue weighted by molar-refractivity contribution is 5.65.